The molecule has 0 aliphatic heterocycles. The Morgan fingerprint density at radius 1 is 1.08 bits per heavy atom. The van der Waals surface area contributed by atoms with Gasteiger partial charge in [0.25, 0.3) is 5.91 Å². The lowest BCUT2D eigenvalue weighted by Crippen LogP contribution is -2.37. The third kappa shape index (κ3) is 4.60. The molecule has 0 saturated heterocycles. The molecule has 0 bridgehead atoms. The van der Waals surface area contributed by atoms with Gasteiger partial charge in [0, 0.05) is 0 Å². The van der Waals surface area contributed by atoms with Crippen LogP contribution in [-0.4, -0.2) is 12.0 Å². The second kappa shape index (κ2) is 8.00. The van der Waals surface area contributed by atoms with Crippen LogP contribution in [0.4, 0.5) is 0 Å². The quantitative estimate of drug-likeness (QED) is 0.848. The number of aryl methyl sites for hydroxylation is 3. The number of carbonyl (C=O) groups excluding carboxylic acids is 1. The highest BCUT2D eigenvalue weighted by molar-refractivity contribution is 5.81. The lowest BCUT2D eigenvalue weighted by atomic mass is 10.0. The van der Waals surface area contributed by atoms with E-state index >= 15 is 0 Å². The Labute approximate surface area is 145 Å². The van der Waals surface area contributed by atoms with Gasteiger partial charge in [-0.25, -0.2) is 0 Å². The first-order valence-electron chi connectivity index (χ1n) is 8.53. The topological polar surface area (TPSA) is 38.3 Å². The summed E-state index contributed by atoms with van der Waals surface area (Å²) in [5.74, 6) is 0.653. The Morgan fingerprint density at radius 2 is 1.75 bits per heavy atom. The summed E-state index contributed by atoms with van der Waals surface area (Å²) in [6.45, 7) is 9.90. The van der Waals surface area contributed by atoms with Crippen molar-refractivity contribution in [1.29, 1.82) is 0 Å². The number of benzene rings is 2. The molecule has 2 atom stereocenters. The maximum absolute atomic E-state index is 12.4. The number of hydrogen-bond acceptors (Lipinski definition) is 2. The summed E-state index contributed by atoms with van der Waals surface area (Å²) in [5, 5.41) is 3.02. The Bertz CT molecular complexity index is 691. The van der Waals surface area contributed by atoms with Crippen molar-refractivity contribution in [2.75, 3.05) is 0 Å². The summed E-state index contributed by atoms with van der Waals surface area (Å²) in [6, 6.07) is 14.3. The van der Waals surface area contributed by atoms with Crippen LogP contribution >= 0.6 is 0 Å². The van der Waals surface area contributed by atoms with Crippen molar-refractivity contribution in [3.63, 3.8) is 0 Å². The molecule has 0 heterocycles. The number of nitrogens with one attached hydrogen (secondary N) is 1. The van der Waals surface area contributed by atoms with Gasteiger partial charge >= 0.3 is 0 Å². The Hall–Kier alpha value is -2.29. The second-order valence-electron chi connectivity index (χ2n) is 6.35. The summed E-state index contributed by atoms with van der Waals surface area (Å²) in [6.07, 6.45) is 0.477. The molecule has 3 heteroatoms. The van der Waals surface area contributed by atoms with Crippen molar-refractivity contribution in [3.8, 4) is 5.75 Å². The van der Waals surface area contributed by atoms with E-state index in [9.17, 15) is 4.79 Å². The zero-order valence-corrected chi connectivity index (χ0v) is 15.2. The second-order valence-corrected chi connectivity index (χ2v) is 6.35. The average molecular weight is 325 g/mol. The third-order valence-corrected chi connectivity index (χ3v) is 4.26. The molecule has 2 aromatic carbocycles. The number of ether oxygens (including phenoxy) is 1. The van der Waals surface area contributed by atoms with Gasteiger partial charge in [0.1, 0.15) is 5.75 Å². The Morgan fingerprint density at radius 3 is 2.38 bits per heavy atom. The monoisotopic (exact) mass is 325 g/mol. The van der Waals surface area contributed by atoms with Crippen molar-refractivity contribution < 1.29 is 9.53 Å². The first-order chi connectivity index (χ1) is 11.4. The number of hydrogen-bond donors (Lipinski definition) is 1. The van der Waals surface area contributed by atoms with Gasteiger partial charge < -0.3 is 10.1 Å². The van der Waals surface area contributed by atoms with Gasteiger partial charge in [0.05, 0.1) is 6.04 Å². The van der Waals surface area contributed by atoms with Gasteiger partial charge in [0.15, 0.2) is 6.10 Å². The summed E-state index contributed by atoms with van der Waals surface area (Å²) in [4.78, 5) is 12.4. The largest absolute Gasteiger partial charge is 0.481 e. The van der Waals surface area contributed by atoms with Crippen LogP contribution in [-0.2, 0) is 11.2 Å². The van der Waals surface area contributed by atoms with Gasteiger partial charge in [-0.2, -0.15) is 0 Å². The molecule has 128 valence electrons. The van der Waals surface area contributed by atoms with Crippen LogP contribution in [0, 0.1) is 13.8 Å². The van der Waals surface area contributed by atoms with Gasteiger partial charge in [-0.3, -0.25) is 4.79 Å². The molecule has 2 rings (SSSR count). The number of amides is 1. The number of carbonyl (C=O) groups is 1. The van der Waals surface area contributed by atoms with E-state index < -0.39 is 6.10 Å². The molecule has 0 aliphatic carbocycles. The van der Waals surface area contributed by atoms with Crippen molar-refractivity contribution in [2.24, 2.45) is 0 Å². The van der Waals surface area contributed by atoms with Gasteiger partial charge in [-0.05, 0) is 62.4 Å². The third-order valence-electron chi connectivity index (χ3n) is 4.26. The van der Waals surface area contributed by atoms with Gasteiger partial charge in [-0.1, -0.05) is 43.3 Å². The van der Waals surface area contributed by atoms with E-state index in [1.54, 1.807) is 6.92 Å². The molecular weight excluding hydrogens is 298 g/mol. The SMILES string of the molecule is CCc1ccc([C@H](C)NC(=O)[C@@H](C)Oc2cc(C)ccc2C)cc1. The summed E-state index contributed by atoms with van der Waals surface area (Å²) >= 11 is 0. The molecule has 0 fully saturated rings. The van der Waals surface area contributed by atoms with Crippen molar-refractivity contribution in [2.45, 2.75) is 53.2 Å². The Balaban J connectivity index is 1.98. The summed E-state index contributed by atoms with van der Waals surface area (Å²) in [7, 11) is 0. The minimum absolute atomic E-state index is 0.0481. The zero-order chi connectivity index (χ0) is 17.7. The van der Waals surface area contributed by atoms with E-state index in [0.717, 1.165) is 28.9 Å². The normalized spacial score (nSPS) is 13.2. The fourth-order valence-corrected chi connectivity index (χ4v) is 2.53. The van der Waals surface area contributed by atoms with Crippen molar-refractivity contribution in [1.82, 2.24) is 5.32 Å². The van der Waals surface area contributed by atoms with E-state index in [1.807, 2.05) is 39.0 Å². The van der Waals surface area contributed by atoms with Crippen LogP contribution in [0.25, 0.3) is 0 Å². The molecule has 0 saturated carbocycles. The van der Waals surface area contributed by atoms with Crippen LogP contribution in [0.1, 0.15) is 49.1 Å². The van der Waals surface area contributed by atoms with E-state index in [-0.39, 0.29) is 11.9 Å². The highest BCUT2D eigenvalue weighted by Gasteiger charge is 2.18. The molecule has 3 nitrogen and oxygen atoms in total. The molecule has 0 aromatic heterocycles. The summed E-state index contributed by atoms with van der Waals surface area (Å²) < 4.78 is 5.85. The number of rotatable bonds is 6. The average Bonchev–Trinajstić information content (AvgIpc) is 2.58. The zero-order valence-electron chi connectivity index (χ0n) is 15.2. The molecule has 2 aromatic rings. The lowest BCUT2D eigenvalue weighted by molar-refractivity contribution is -0.127. The summed E-state index contributed by atoms with van der Waals surface area (Å²) in [5.41, 5.74) is 4.54. The van der Waals surface area contributed by atoms with Gasteiger partial charge in [0.2, 0.25) is 0 Å². The highest BCUT2D eigenvalue weighted by Crippen LogP contribution is 2.21. The van der Waals surface area contributed by atoms with E-state index in [1.165, 1.54) is 5.56 Å². The van der Waals surface area contributed by atoms with Crippen molar-refractivity contribution in [3.05, 3.63) is 64.7 Å². The lowest BCUT2D eigenvalue weighted by Gasteiger charge is -2.20. The van der Waals surface area contributed by atoms with E-state index in [2.05, 4.69) is 36.5 Å². The van der Waals surface area contributed by atoms with Crippen LogP contribution in [0.15, 0.2) is 42.5 Å². The molecule has 1 N–H and O–H groups in total. The maximum atomic E-state index is 12.4. The smallest absolute Gasteiger partial charge is 0.261 e. The molecule has 0 aliphatic rings. The molecule has 0 radical (unpaired) electrons. The van der Waals surface area contributed by atoms with Crippen LogP contribution in [0.3, 0.4) is 0 Å². The van der Waals surface area contributed by atoms with Crippen LogP contribution in [0.2, 0.25) is 0 Å². The van der Waals surface area contributed by atoms with Crippen molar-refractivity contribution >= 4 is 5.91 Å². The minimum Gasteiger partial charge on any atom is -0.481 e. The van der Waals surface area contributed by atoms with Crippen LogP contribution < -0.4 is 10.1 Å². The molecule has 0 unspecified atom stereocenters. The van der Waals surface area contributed by atoms with Crippen LogP contribution in [0.5, 0.6) is 5.75 Å². The fraction of sp³-hybridized carbons (Fsp3) is 0.381. The standard InChI is InChI=1S/C21H27NO2/c1-6-18-9-11-19(12-10-18)16(4)22-21(23)17(5)24-20-13-14(2)7-8-15(20)3/h7-13,16-17H,6H2,1-5H3,(H,22,23)/t16-,17+/m0/s1. The molecule has 1 amide bonds. The molecule has 0 spiro atoms. The maximum Gasteiger partial charge on any atom is 0.261 e. The first-order valence-corrected chi connectivity index (χ1v) is 8.53. The van der Waals surface area contributed by atoms with E-state index in [0.29, 0.717) is 0 Å². The Kier molecular flexibility index (Phi) is 6.02. The van der Waals surface area contributed by atoms with Gasteiger partial charge in [-0.15, -0.1) is 0 Å². The highest BCUT2D eigenvalue weighted by atomic mass is 16.5. The molecule has 24 heavy (non-hydrogen) atoms. The fourth-order valence-electron chi connectivity index (χ4n) is 2.53. The predicted octanol–water partition coefficient (Wildman–Crippen LogP) is 4.51. The first kappa shape index (κ1) is 18.1. The predicted molar refractivity (Wildman–Crippen MR) is 98.4 cm³/mol. The molecular formula is C21H27NO2. The minimum atomic E-state index is -0.539. The van der Waals surface area contributed by atoms with E-state index in [4.69, 9.17) is 4.74 Å².